The third-order valence-electron chi connectivity index (χ3n) is 2.87. The molecule has 0 aromatic carbocycles. The van der Waals surface area contributed by atoms with Gasteiger partial charge in [-0.15, -0.1) is 0 Å². The maximum absolute atomic E-state index is 9.34. The van der Waals surface area contributed by atoms with Gasteiger partial charge in [0.15, 0.2) is 0 Å². The summed E-state index contributed by atoms with van der Waals surface area (Å²) >= 11 is 0. The van der Waals surface area contributed by atoms with Crippen molar-refractivity contribution in [2.75, 3.05) is 32.7 Å². The van der Waals surface area contributed by atoms with Crippen LogP contribution >= 0.6 is 0 Å². The molecule has 4 heteroatoms. The van der Waals surface area contributed by atoms with E-state index in [2.05, 4.69) is 16.7 Å². The summed E-state index contributed by atoms with van der Waals surface area (Å²) in [5.41, 5.74) is 0. The number of hydrogen-bond donors (Lipinski definition) is 2. The summed E-state index contributed by atoms with van der Waals surface area (Å²) < 4.78 is 0. The lowest BCUT2D eigenvalue weighted by molar-refractivity contribution is 0.0276. The molecule has 0 saturated carbocycles. The first-order valence-corrected chi connectivity index (χ1v) is 5.81. The molecule has 1 aliphatic heterocycles. The third-order valence-corrected chi connectivity index (χ3v) is 2.87. The normalized spacial score (nSPS) is 29.0. The van der Waals surface area contributed by atoms with Crippen molar-refractivity contribution < 1.29 is 10.2 Å². The van der Waals surface area contributed by atoms with E-state index in [1.54, 1.807) is 0 Å². The SMILES string of the molecule is C[C@H](O)CN1CCN(C[C@H](C)O)[C@H](C)C1. The molecule has 2 N–H and O–H groups in total. The highest BCUT2D eigenvalue weighted by molar-refractivity contribution is 4.80. The molecule has 1 saturated heterocycles. The topological polar surface area (TPSA) is 46.9 Å². The molecule has 1 aliphatic rings. The van der Waals surface area contributed by atoms with Crippen LogP contribution in [0.5, 0.6) is 0 Å². The number of piperazine rings is 1. The molecule has 0 bridgehead atoms. The summed E-state index contributed by atoms with van der Waals surface area (Å²) in [6.45, 7) is 10.3. The summed E-state index contributed by atoms with van der Waals surface area (Å²) in [5.74, 6) is 0. The van der Waals surface area contributed by atoms with Crippen molar-refractivity contribution in [3.05, 3.63) is 0 Å². The van der Waals surface area contributed by atoms with Gasteiger partial charge in [-0.25, -0.2) is 0 Å². The van der Waals surface area contributed by atoms with Crippen LogP contribution in [0.1, 0.15) is 20.8 Å². The van der Waals surface area contributed by atoms with Gasteiger partial charge >= 0.3 is 0 Å². The van der Waals surface area contributed by atoms with Crippen LogP contribution in [0.15, 0.2) is 0 Å². The first-order valence-electron chi connectivity index (χ1n) is 5.81. The van der Waals surface area contributed by atoms with E-state index >= 15 is 0 Å². The molecular weight excluding hydrogens is 192 g/mol. The Labute approximate surface area is 92.5 Å². The smallest absolute Gasteiger partial charge is 0.0639 e. The van der Waals surface area contributed by atoms with Crippen molar-refractivity contribution >= 4 is 0 Å². The van der Waals surface area contributed by atoms with E-state index < -0.39 is 0 Å². The van der Waals surface area contributed by atoms with Gasteiger partial charge in [0.2, 0.25) is 0 Å². The fourth-order valence-corrected chi connectivity index (χ4v) is 2.22. The van der Waals surface area contributed by atoms with Gasteiger partial charge in [-0.2, -0.15) is 0 Å². The number of aliphatic hydroxyl groups is 2. The fraction of sp³-hybridized carbons (Fsp3) is 1.00. The van der Waals surface area contributed by atoms with E-state index in [1.165, 1.54) is 0 Å². The molecule has 1 heterocycles. The van der Waals surface area contributed by atoms with Gasteiger partial charge in [0, 0.05) is 38.8 Å². The number of rotatable bonds is 4. The van der Waals surface area contributed by atoms with Gasteiger partial charge in [0.1, 0.15) is 0 Å². The van der Waals surface area contributed by atoms with Crippen molar-refractivity contribution in [3.63, 3.8) is 0 Å². The van der Waals surface area contributed by atoms with Crippen molar-refractivity contribution in [1.29, 1.82) is 0 Å². The minimum absolute atomic E-state index is 0.250. The Balaban J connectivity index is 2.34. The van der Waals surface area contributed by atoms with Gasteiger partial charge in [-0.1, -0.05) is 0 Å². The summed E-state index contributed by atoms with van der Waals surface area (Å²) in [7, 11) is 0. The quantitative estimate of drug-likeness (QED) is 0.680. The maximum atomic E-state index is 9.34. The zero-order valence-electron chi connectivity index (χ0n) is 10.1. The molecule has 0 unspecified atom stereocenters. The van der Waals surface area contributed by atoms with Crippen LogP contribution in [0.3, 0.4) is 0 Å². The van der Waals surface area contributed by atoms with Crippen molar-refractivity contribution in [3.8, 4) is 0 Å². The Morgan fingerprint density at radius 1 is 1.13 bits per heavy atom. The van der Waals surface area contributed by atoms with E-state index in [0.29, 0.717) is 6.04 Å². The summed E-state index contributed by atoms with van der Waals surface area (Å²) in [4.78, 5) is 4.59. The molecule has 3 atom stereocenters. The van der Waals surface area contributed by atoms with Crippen molar-refractivity contribution in [2.24, 2.45) is 0 Å². The van der Waals surface area contributed by atoms with Crippen molar-refractivity contribution in [1.82, 2.24) is 9.80 Å². The zero-order chi connectivity index (χ0) is 11.4. The molecule has 4 nitrogen and oxygen atoms in total. The van der Waals surface area contributed by atoms with Crippen LogP contribution in [0, 0.1) is 0 Å². The number of nitrogens with zero attached hydrogens (tertiary/aromatic N) is 2. The predicted molar refractivity (Wildman–Crippen MR) is 60.8 cm³/mol. The van der Waals surface area contributed by atoms with Gasteiger partial charge in [-0.3, -0.25) is 9.80 Å². The van der Waals surface area contributed by atoms with E-state index in [-0.39, 0.29) is 12.2 Å². The largest absolute Gasteiger partial charge is 0.392 e. The molecule has 0 aromatic rings. The highest BCUT2D eigenvalue weighted by atomic mass is 16.3. The molecular formula is C11H24N2O2. The van der Waals surface area contributed by atoms with E-state index in [1.807, 2.05) is 13.8 Å². The highest BCUT2D eigenvalue weighted by Crippen LogP contribution is 2.10. The van der Waals surface area contributed by atoms with Crippen LogP contribution in [0.25, 0.3) is 0 Å². The number of β-amino-alcohol motifs (C(OH)–C–C–N with tert-alkyl or cyclic N) is 2. The summed E-state index contributed by atoms with van der Waals surface area (Å²) in [5, 5.41) is 18.6. The molecule has 0 aromatic heterocycles. The average molecular weight is 216 g/mol. The molecule has 1 fully saturated rings. The third kappa shape index (κ3) is 4.47. The fourth-order valence-electron chi connectivity index (χ4n) is 2.22. The second kappa shape index (κ2) is 5.80. The van der Waals surface area contributed by atoms with Crippen LogP contribution < -0.4 is 0 Å². The minimum Gasteiger partial charge on any atom is -0.392 e. The van der Waals surface area contributed by atoms with E-state index in [0.717, 1.165) is 32.7 Å². The molecule has 1 rings (SSSR count). The van der Waals surface area contributed by atoms with Gasteiger partial charge < -0.3 is 10.2 Å². The lowest BCUT2D eigenvalue weighted by Crippen LogP contribution is -2.54. The van der Waals surface area contributed by atoms with Gasteiger partial charge in [-0.05, 0) is 20.8 Å². The number of hydrogen-bond acceptors (Lipinski definition) is 4. The molecule has 15 heavy (non-hydrogen) atoms. The Morgan fingerprint density at radius 2 is 1.73 bits per heavy atom. The average Bonchev–Trinajstić information content (AvgIpc) is 2.08. The van der Waals surface area contributed by atoms with Gasteiger partial charge in [0.25, 0.3) is 0 Å². The van der Waals surface area contributed by atoms with Crippen LogP contribution in [-0.2, 0) is 0 Å². The monoisotopic (exact) mass is 216 g/mol. The van der Waals surface area contributed by atoms with E-state index in [9.17, 15) is 10.2 Å². The Morgan fingerprint density at radius 3 is 2.20 bits per heavy atom. The Hall–Kier alpha value is -0.160. The van der Waals surface area contributed by atoms with E-state index in [4.69, 9.17) is 0 Å². The summed E-state index contributed by atoms with van der Waals surface area (Å²) in [6, 6.07) is 0.465. The minimum atomic E-state index is -0.254. The second-order valence-electron chi connectivity index (χ2n) is 4.80. The predicted octanol–water partition coefficient (Wildman–Crippen LogP) is -0.246. The molecule has 90 valence electrons. The molecule has 0 radical (unpaired) electrons. The zero-order valence-corrected chi connectivity index (χ0v) is 10.1. The Bertz CT molecular complexity index is 185. The first-order chi connectivity index (χ1) is 6.99. The summed E-state index contributed by atoms with van der Waals surface area (Å²) in [6.07, 6.45) is -0.503. The van der Waals surface area contributed by atoms with Gasteiger partial charge in [0.05, 0.1) is 12.2 Å². The Kier molecular flexibility index (Phi) is 4.99. The lowest BCUT2D eigenvalue weighted by atomic mass is 10.1. The first kappa shape index (κ1) is 12.9. The highest BCUT2D eigenvalue weighted by Gasteiger charge is 2.24. The second-order valence-corrected chi connectivity index (χ2v) is 4.80. The van der Waals surface area contributed by atoms with Crippen LogP contribution in [-0.4, -0.2) is 71.0 Å². The van der Waals surface area contributed by atoms with Crippen LogP contribution in [0.4, 0.5) is 0 Å². The van der Waals surface area contributed by atoms with Crippen LogP contribution in [0.2, 0.25) is 0 Å². The molecule has 0 spiro atoms. The molecule has 0 amide bonds. The molecule has 0 aliphatic carbocycles. The lowest BCUT2D eigenvalue weighted by Gasteiger charge is -2.40. The standard InChI is InChI=1S/C11H24N2O2/c1-9-6-12(7-10(2)14)4-5-13(9)8-11(3)15/h9-11,14-15H,4-8H2,1-3H3/t9-,10+,11+/m1/s1. The van der Waals surface area contributed by atoms with Crippen molar-refractivity contribution in [2.45, 2.75) is 39.0 Å². The number of aliphatic hydroxyl groups excluding tert-OH is 2. The maximum Gasteiger partial charge on any atom is 0.0639 e.